The van der Waals surface area contributed by atoms with Crippen LogP contribution in [0.3, 0.4) is 0 Å². The second-order valence-electron chi connectivity index (χ2n) is 5.76. The number of hydrogen-bond acceptors (Lipinski definition) is 8. The Morgan fingerprint density at radius 2 is 1.93 bits per heavy atom. The van der Waals surface area contributed by atoms with Crippen LogP contribution >= 0.6 is 0 Å². The quantitative estimate of drug-likeness (QED) is 0.388. The first-order valence-corrected chi connectivity index (χ1v) is 8.38. The molecule has 0 atom stereocenters. The molecule has 140 valence electrons. The lowest BCUT2D eigenvalue weighted by atomic mass is 10.1. The van der Waals surface area contributed by atoms with Crippen LogP contribution in [0.25, 0.3) is 0 Å². The van der Waals surface area contributed by atoms with E-state index in [1.807, 2.05) is 30.3 Å². The molecule has 0 unspecified atom stereocenters. The standard InChI is InChI=1S/C18H19N5O4/c24-9-8-19-15-7-6-14(23(25)26)11-16(15)20-12-18-21-17(22-27-18)10-13-4-2-1-3-5-13/h1-7,11,19-20,24H,8-10,12H2. The molecule has 1 heterocycles. The minimum Gasteiger partial charge on any atom is -0.395 e. The Kier molecular flexibility index (Phi) is 5.95. The number of anilines is 2. The molecular formula is C18H19N5O4. The molecule has 0 aliphatic rings. The number of aliphatic hydroxyl groups excluding tert-OH is 1. The van der Waals surface area contributed by atoms with Crippen molar-refractivity contribution in [3.8, 4) is 0 Å². The highest BCUT2D eigenvalue weighted by atomic mass is 16.6. The van der Waals surface area contributed by atoms with Crippen molar-refractivity contribution >= 4 is 17.1 Å². The molecule has 9 nitrogen and oxygen atoms in total. The van der Waals surface area contributed by atoms with Crippen molar-refractivity contribution < 1.29 is 14.6 Å². The monoisotopic (exact) mass is 369 g/mol. The molecule has 0 aliphatic heterocycles. The summed E-state index contributed by atoms with van der Waals surface area (Å²) in [6.07, 6.45) is 0.560. The Morgan fingerprint density at radius 1 is 1.11 bits per heavy atom. The summed E-state index contributed by atoms with van der Waals surface area (Å²) in [5.74, 6) is 0.941. The predicted molar refractivity (Wildman–Crippen MR) is 99.5 cm³/mol. The van der Waals surface area contributed by atoms with Gasteiger partial charge in [0.2, 0.25) is 5.89 Å². The largest absolute Gasteiger partial charge is 0.395 e. The van der Waals surface area contributed by atoms with Gasteiger partial charge in [-0.1, -0.05) is 35.5 Å². The molecule has 9 heteroatoms. The smallest absolute Gasteiger partial charge is 0.271 e. The van der Waals surface area contributed by atoms with Gasteiger partial charge in [0.1, 0.15) is 0 Å². The highest BCUT2D eigenvalue weighted by Crippen LogP contribution is 2.27. The van der Waals surface area contributed by atoms with Crippen LogP contribution in [0.15, 0.2) is 53.1 Å². The van der Waals surface area contributed by atoms with E-state index in [4.69, 9.17) is 9.63 Å². The average Bonchev–Trinajstić information content (AvgIpc) is 3.13. The second kappa shape index (κ2) is 8.77. The van der Waals surface area contributed by atoms with Crippen LogP contribution in [-0.2, 0) is 13.0 Å². The summed E-state index contributed by atoms with van der Waals surface area (Å²) in [6, 6.07) is 14.2. The molecule has 2 aromatic carbocycles. The van der Waals surface area contributed by atoms with E-state index in [1.165, 1.54) is 12.1 Å². The molecule has 27 heavy (non-hydrogen) atoms. The average molecular weight is 369 g/mol. The van der Waals surface area contributed by atoms with E-state index in [0.29, 0.717) is 36.1 Å². The Morgan fingerprint density at radius 3 is 2.67 bits per heavy atom. The molecule has 0 saturated heterocycles. The number of nitro benzene ring substituents is 1. The van der Waals surface area contributed by atoms with Gasteiger partial charge in [0.05, 0.1) is 29.4 Å². The lowest BCUT2D eigenvalue weighted by Crippen LogP contribution is -2.09. The number of benzene rings is 2. The minimum absolute atomic E-state index is 0.0395. The Bertz CT molecular complexity index is 898. The molecule has 0 bridgehead atoms. The van der Waals surface area contributed by atoms with Crippen LogP contribution < -0.4 is 10.6 Å². The van der Waals surface area contributed by atoms with Crippen molar-refractivity contribution in [2.45, 2.75) is 13.0 Å². The maximum atomic E-state index is 11.0. The Hall–Kier alpha value is -3.46. The Labute approximate surface area is 155 Å². The third-order valence-corrected chi connectivity index (χ3v) is 3.79. The summed E-state index contributed by atoms with van der Waals surface area (Å²) in [5, 5.41) is 30.0. The summed E-state index contributed by atoms with van der Waals surface area (Å²) >= 11 is 0. The molecule has 3 aromatic rings. The van der Waals surface area contributed by atoms with Crippen molar-refractivity contribution in [3.05, 3.63) is 75.9 Å². The summed E-state index contributed by atoms with van der Waals surface area (Å²) in [6.45, 7) is 0.494. The Balaban J connectivity index is 1.68. The fraction of sp³-hybridized carbons (Fsp3) is 0.222. The van der Waals surface area contributed by atoms with E-state index in [0.717, 1.165) is 5.56 Å². The molecule has 0 radical (unpaired) electrons. The van der Waals surface area contributed by atoms with Crippen LogP contribution in [-0.4, -0.2) is 33.3 Å². The van der Waals surface area contributed by atoms with Gasteiger partial charge in [0.25, 0.3) is 5.69 Å². The number of nitrogens with zero attached hydrogens (tertiary/aromatic N) is 3. The van der Waals surface area contributed by atoms with E-state index in [1.54, 1.807) is 6.07 Å². The van der Waals surface area contributed by atoms with Gasteiger partial charge in [-0.2, -0.15) is 4.98 Å². The van der Waals surface area contributed by atoms with Gasteiger partial charge in [0, 0.05) is 25.1 Å². The lowest BCUT2D eigenvalue weighted by Gasteiger charge is -2.12. The summed E-state index contributed by atoms with van der Waals surface area (Å²) in [7, 11) is 0. The summed E-state index contributed by atoms with van der Waals surface area (Å²) in [4.78, 5) is 14.9. The van der Waals surface area contributed by atoms with Gasteiger partial charge in [-0.25, -0.2) is 0 Å². The zero-order chi connectivity index (χ0) is 19.1. The molecule has 0 spiro atoms. The molecule has 0 aliphatic carbocycles. The zero-order valence-electron chi connectivity index (χ0n) is 14.5. The molecule has 0 saturated carbocycles. The number of aliphatic hydroxyl groups is 1. The summed E-state index contributed by atoms with van der Waals surface area (Å²) in [5.41, 5.74) is 2.19. The van der Waals surface area contributed by atoms with E-state index in [2.05, 4.69) is 20.8 Å². The fourth-order valence-corrected chi connectivity index (χ4v) is 2.52. The van der Waals surface area contributed by atoms with Gasteiger partial charge in [-0.15, -0.1) is 0 Å². The SMILES string of the molecule is O=[N+]([O-])c1ccc(NCCO)c(NCc2nc(Cc3ccccc3)no2)c1. The molecule has 0 fully saturated rings. The van der Waals surface area contributed by atoms with Crippen LogP contribution in [0.1, 0.15) is 17.3 Å². The van der Waals surface area contributed by atoms with Gasteiger partial charge in [-0.3, -0.25) is 10.1 Å². The van der Waals surface area contributed by atoms with E-state index < -0.39 is 4.92 Å². The van der Waals surface area contributed by atoms with Crippen LogP contribution in [0.5, 0.6) is 0 Å². The van der Waals surface area contributed by atoms with Crippen LogP contribution in [0, 0.1) is 10.1 Å². The maximum Gasteiger partial charge on any atom is 0.271 e. The van der Waals surface area contributed by atoms with Gasteiger partial charge >= 0.3 is 0 Å². The predicted octanol–water partition coefficient (Wildman–Crippen LogP) is 2.58. The highest BCUT2D eigenvalue weighted by molar-refractivity contribution is 5.71. The van der Waals surface area contributed by atoms with Gasteiger partial charge in [0.15, 0.2) is 5.82 Å². The molecule has 1 aromatic heterocycles. The zero-order valence-corrected chi connectivity index (χ0v) is 14.5. The maximum absolute atomic E-state index is 11.0. The van der Waals surface area contributed by atoms with E-state index in [-0.39, 0.29) is 18.8 Å². The lowest BCUT2D eigenvalue weighted by molar-refractivity contribution is -0.384. The molecule has 3 N–H and O–H groups in total. The van der Waals surface area contributed by atoms with Crippen molar-refractivity contribution in [3.63, 3.8) is 0 Å². The second-order valence-corrected chi connectivity index (χ2v) is 5.76. The van der Waals surface area contributed by atoms with Gasteiger partial charge in [-0.05, 0) is 11.6 Å². The highest BCUT2D eigenvalue weighted by Gasteiger charge is 2.12. The van der Waals surface area contributed by atoms with Crippen LogP contribution in [0.2, 0.25) is 0 Å². The van der Waals surface area contributed by atoms with Crippen molar-refractivity contribution in [2.24, 2.45) is 0 Å². The number of nitrogens with one attached hydrogen (secondary N) is 2. The van der Waals surface area contributed by atoms with Crippen molar-refractivity contribution in [1.29, 1.82) is 0 Å². The van der Waals surface area contributed by atoms with Gasteiger partial charge < -0.3 is 20.3 Å². The number of non-ortho nitro benzene ring substituents is 1. The van der Waals surface area contributed by atoms with E-state index >= 15 is 0 Å². The third kappa shape index (κ3) is 5.02. The molecular weight excluding hydrogens is 350 g/mol. The fourth-order valence-electron chi connectivity index (χ4n) is 2.52. The van der Waals surface area contributed by atoms with Crippen LogP contribution in [0.4, 0.5) is 17.1 Å². The first-order valence-electron chi connectivity index (χ1n) is 8.38. The number of aromatic nitrogens is 2. The van der Waals surface area contributed by atoms with Crippen molar-refractivity contribution in [1.82, 2.24) is 10.1 Å². The molecule has 3 rings (SSSR count). The number of hydrogen-bond donors (Lipinski definition) is 3. The normalized spacial score (nSPS) is 10.6. The number of nitro groups is 1. The first kappa shape index (κ1) is 18.3. The van der Waals surface area contributed by atoms with Crippen molar-refractivity contribution in [2.75, 3.05) is 23.8 Å². The summed E-state index contributed by atoms with van der Waals surface area (Å²) < 4.78 is 5.24. The number of rotatable bonds is 9. The first-order chi connectivity index (χ1) is 13.2. The topological polar surface area (TPSA) is 126 Å². The molecule has 0 amide bonds. The van der Waals surface area contributed by atoms with E-state index in [9.17, 15) is 10.1 Å². The third-order valence-electron chi connectivity index (χ3n) is 3.79. The minimum atomic E-state index is -0.467.